The zero-order chi connectivity index (χ0) is 23.2. The van der Waals surface area contributed by atoms with Crippen LogP contribution in [0.2, 0.25) is 0 Å². The lowest BCUT2D eigenvalue weighted by atomic mass is 9.93. The first-order chi connectivity index (χ1) is 14.4. The molecule has 2 rings (SSSR count). The molecule has 3 N–H and O–H groups in total. The third kappa shape index (κ3) is 8.26. The highest BCUT2D eigenvalue weighted by Gasteiger charge is 2.28. The Kier molecular flexibility index (Phi) is 8.14. The Balaban J connectivity index is 2.14. The predicted molar refractivity (Wildman–Crippen MR) is 117 cm³/mol. The molecule has 0 spiro atoms. The number of hydrogen-bond acceptors (Lipinski definition) is 4. The van der Waals surface area contributed by atoms with Gasteiger partial charge in [-0.1, -0.05) is 30.3 Å². The van der Waals surface area contributed by atoms with Crippen molar-refractivity contribution in [1.82, 2.24) is 10.6 Å². The molecule has 2 aromatic rings. The van der Waals surface area contributed by atoms with Gasteiger partial charge in [0.15, 0.2) is 0 Å². The Morgan fingerprint density at radius 3 is 2.16 bits per heavy atom. The third-order valence-corrected chi connectivity index (χ3v) is 4.79. The second kappa shape index (κ2) is 10.2. The van der Waals surface area contributed by atoms with Crippen LogP contribution in [-0.4, -0.2) is 35.5 Å². The van der Waals surface area contributed by atoms with Crippen molar-refractivity contribution in [3.63, 3.8) is 0 Å². The molecule has 1 amide bonds. The molecule has 0 bridgehead atoms. The maximum absolute atomic E-state index is 13.6. The average molecular weight is 435 g/mol. The van der Waals surface area contributed by atoms with Gasteiger partial charge < -0.3 is 20.5 Å². The van der Waals surface area contributed by atoms with Gasteiger partial charge in [-0.15, -0.1) is 0 Å². The van der Waals surface area contributed by atoms with E-state index in [1.807, 2.05) is 44.2 Å². The fraction of sp³-hybridized carbons (Fsp3) is 0.458. The Hall–Kier alpha value is -2.51. The summed E-state index contributed by atoms with van der Waals surface area (Å²) >= 11 is 0. The second-order valence-corrected chi connectivity index (χ2v) is 9.17. The fourth-order valence-electron chi connectivity index (χ4n) is 3.18. The van der Waals surface area contributed by atoms with E-state index in [1.54, 1.807) is 20.8 Å². The van der Waals surface area contributed by atoms with E-state index in [0.29, 0.717) is 5.56 Å². The number of nitrogens with one attached hydrogen (secondary N) is 2. The molecular formula is C24H32F2N2O3. The zero-order valence-corrected chi connectivity index (χ0v) is 18.7. The Bertz CT molecular complexity index is 847. The highest BCUT2D eigenvalue weighted by Crippen LogP contribution is 2.20. The lowest BCUT2D eigenvalue weighted by Crippen LogP contribution is -2.52. The van der Waals surface area contributed by atoms with E-state index in [-0.39, 0.29) is 13.0 Å². The number of alkyl carbamates (subject to hydrolysis) is 1. The summed E-state index contributed by atoms with van der Waals surface area (Å²) in [5, 5.41) is 16.8. The summed E-state index contributed by atoms with van der Waals surface area (Å²) in [6, 6.07) is 12.1. The van der Waals surface area contributed by atoms with Crippen molar-refractivity contribution in [1.29, 1.82) is 0 Å². The average Bonchev–Trinajstić information content (AvgIpc) is 2.64. The largest absolute Gasteiger partial charge is 0.444 e. The van der Waals surface area contributed by atoms with Crippen LogP contribution in [0.15, 0.2) is 48.5 Å². The minimum Gasteiger partial charge on any atom is -0.444 e. The van der Waals surface area contributed by atoms with E-state index in [9.17, 15) is 18.7 Å². The zero-order valence-electron chi connectivity index (χ0n) is 18.7. The Labute approximate surface area is 182 Å². The normalized spacial score (nSPS) is 14.1. The number of aliphatic hydroxyl groups is 1. The highest BCUT2D eigenvalue weighted by atomic mass is 19.1. The molecule has 0 fully saturated rings. The number of rotatable bonds is 8. The lowest BCUT2D eigenvalue weighted by Gasteiger charge is -2.31. The van der Waals surface area contributed by atoms with Crippen LogP contribution in [0, 0.1) is 11.6 Å². The summed E-state index contributed by atoms with van der Waals surface area (Å²) in [6.07, 6.45) is -1.72. The molecule has 0 radical (unpaired) electrons. The first-order valence-electron chi connectivity index (χ1n) is 10.3. The molecule has 2 aromatic carbocycles. The van der Waals surface area contributed by atoms with E-state index in [2.05, 4.69) is 10.6 Å². The smallest absolute Gasteiger partial charge is 0.407 e. The van der Waals surface area contributed by atoms with Crippen molar-refractivity contribution in [2.24, 2.45) is 0 Å². The minimum absolute atomic E-state index is 0.0303. The van der Waals surface area contributed by atoms with E-state index < -0.39 is 41.0 Å². The molecule has 170 valence electrons. The molecule has 0 saturated heterocycles. The highest BCUT2D eigenvalue weighted by molar-refractivity contribution is 5.68. The van der Waals surface area contributed by atoms with Gasteiger partial charge in [-0.05, 0) is 64.3 Å². The summed E-state index contributed by atoms with van der Waals surface area (Å²) in [4.78, 5) is 12.3. The Morgan fingerprint density at radius 1 is 1.03 bits per heavy atom. The molecular weight excluding hydrogens is 402 g/mol. The summed E-state index contributed by atoms with van der Waals surface area (Å²) in [7, 11) is 0. The fourth-order valence-corrected chi connectivity index (χ4v) is 3.18. The molecule has 0 aliphatic rings. The van der Waals surface area contributed by atoms with Gasteiger partial charge in [-0.2, -0.15) is 0 Å². The Morgan fingerprint density at radius 2 is 1.61 bits per heavy atom. The number of halogens is 2. The van der Waals surface area contributed by atoms with Gasteiger partial charge in [0.05, 0.1) is 12.1 Å². The molecule has 7 heteroatoms. The first kappa shape index (κ1) is 24.8. The van der Waals surface area contributed by atoms with Gasteiger partial charge >= 0.3 is 6.09 Å². The molecule has 0 heterocycles. The first-order valence-corrected chi connectivity index (χ1v) is 10.3. The van der Waals surface area contributed by atoms with Crippen LogP contribution in [0.3, 0.4) is 0 Å². The van der Waals surface area contributed by atoms with Crippen molar-refractivity contribution in [2.75, 3.05) is 6.54 Å². The van der Waals surface area contributed by atoms with E-state index in [1.165, 1.54) is 12.1 Å². The van der Waals surface area contributed by atoms with Crippen LogP contribution in [0.25, 0.3) is 0 Å². The van der Waals surface area contributed by atoms with Gasteiger partial charge in [-0.25, -0.2) is 13.6 Å². The molecule has 2 atom stereocenters. The summed E-state index contributed by atoms with van der Waals surface area (Å²) in [5.41, 5.74) is 0.188. The maximum Gasteiger partial charge on any atom is 0.407 e. The molecule has 0 aromatic heterocycles. The van der Waals surface area contributed by atoms with Crippen molar-refractivity contribution in [3.8, 4) is 0 Å². The van der Waals surface area contributed by atoms with E-state index >= 15 is 0 Å². The van der Waals surface area contributed by atoms with Crippen LogP contribution >= 0.6 is 0 Å². The topological polar surface area (TPSA) is 70.6 Å². The molecule has 31 heavy (non-hydrogen) atoms. The number of hydrogen-bond donors (Lipinski definition) is 3. The van der Waals surface area contributed by atoms with Gasteiger partial charge in [0.2, 0.25) is 0 Å². The maximum atomic E-state index is 13.6. The standard InChI is InChI=1S/C24H32F2N2O3/c1-23(2,3)31-22(30)28-20(13-16-11-18(25)14-19(26)12-16)21(29)15-27-24(4,5)17-9-7-6-8-10-17/h6-12,14,20-21,27,29H,13,15H2,1-5H3,(H,28,30)/t20-,21+/m0/s1. The van der Waals surface area contributed by atoms with Crippen LogP contribution in [0.1, 0.15) is 45.7 Å². The number of carbonyl (C=O) groups is 1. The molecule has 0 unspecified atom stereocenters. The number of benzene rings is 2. The van der Waals surface area contributed by atoms with Crippen molar-refractivity contribution in [3.05, 3.63) is 71.3 Å². The summed E-state index contributed by atoms with van der Waals surface area (Å²) < 4.78 is 32.5. The number of ether oxygens (including phenoxy) is 1. The minimum atomic E-state index is -1.04. The van der Waals surface area contributed by atoms with Crippen LogP contribution in [-0.2, 0) is 16.7 Å². The van der Waals surface area contributed by atoms with Crippen molar-refractivity contribution < 1.29 is 23.4 Å². The third-order valence-electron chi connectivity index (χ3n) is 4.79. The summed E-state index contributed by atoms with van der Waals surface area (Å²) in [5.74, 6) is -1.44. The SMILES string of the molecule is CC(C)(C)OC(=O)N[C@@H](Cc1cc(F)cc(F)c1)[C@H](O)CNC(C)(C)c1ccccc1. The van der Waals surface area contributed by atoms with Gasteiger partial charge in [0, 0.05) is 18.2 Å². The van der Waals surface area contributed by atoms with E-state index in [4.69, 9.17) is 4.74 Å². The van der Waals surface area contributed by atoms with Crippen LogP contribution in [0.4, 0.5) is 13.6 Å². The number of carbonyl (C=O) groups excluding carboxylic acids is 1. The van der Waals surface area contributed by atoms with Gasteiger partial charge in [-0.3, -0.25) is 0 Å². The molecule has 5 nitrogen and oxygen atoms in total. The number of amides is 1. The van der Waals surface area contributed by atoms with E-state index in [0.717, 1.165) is 11.6 Å². The second-order valence-electron chi connectivity index (χ2n) is 9.17. The monoisotopic (exact) mass is 434 g/mol. The quantitative estimate of drug-likeness (QED) is 0.580. The summed E-state index contributed by atoms with van der Waals surface area (Å²) in [6.45, 7) is 9.28. The lowest BCUT2D eigenvalue weighted by molar-refractivity contribution is 0.0415. The number of aliphatic hydroxyl groups excluding tert-OH is 1. The molecule has 0 aliphatic carbocycles. The van der Waals surface area contributed by atoms with Crippen LogP contribution < -0.4 is 10.6 Å². The molecule has 0 saturated carbocycles. The van der Waals surface area contributed by atoms with Gasteiger partial charge in [0.25, 0.3) is 0 Å². The van der Waals surface area contributed by atoms with Crippen molar-refractivity contribution >= 4 is 6.09 Å². The van der Waals surface area contributed by atoms with Crippen molar-refractivity contribution in [2.45, 2.75) is 64.3 Å². The predicted octanol–water partition coefficient (Wildman–Crippen LogP) is 4.29. The van der Waals surface area contributed by atoms with Crippen LogP contribution in [0.5, 0.6) is 0 Å². The molecule has 0 aliphatic heterocycles. The van der Waals surface area contributed by atoms with Gasteiger partial charge in [0.1, 0.15) is 17.2 Å².